The van der Waals surface area contributed by atoms with Gasteiger partial charge >= 0.3 is 19.7 Å². The van der Waals surface area contributed by atoms with Crippen molar-refractivity contribution in [1.82, 2.24) is 4.72 Å². The first-order valence-corrected chi connectivity index (χ1v) is 16.5. The number of carboxylic acid groups (broad SMARTS) is 1. The van der Waals surface area contributed by atoms with Crippen LogP contribution in [0.4, 0.5) is 18.9 Å². The number of sulfonamides is 1. The van der Waals surface area contributed by atoms with Gasteiger partial charge in [0, 0.05) is 6.42 Å². The van der Waals surface area contributed by atoms with Crippen molar-refractivity contribution < 1.29 is 45.1 Å². The summed E-state index contributed by atoms with van der Waals surface area (Å²) in [7, 11) is -8.22. The van der Waals surface area contributed by atoms with Crippen LogP contribution in [0.2, 0.25) is 0 Å². The SMILES string of the molecule is NC(N)=Nc1ccc(CC(NS(=O)(=O)Cc2ccccc2)P(=O)(Oc2ccccc2)Oc2ccccc2)cc1.O=C(O)C(F)(F)F. The smallest absolute Gasteiger partial charge is 0.475 e. The minimum absolute atomic E-state index is 0.00688. The standard InChI is InChI=1S/C28H29N4O5PS.C2HF3O2/c29-28(30)31-24-18-16-22(17-19-24)20-27(32-39(34,35)21-23-10-4-1-5-11-23)38(33,36-25-12-6-2-7-13-25)37-26-14-8-3-9-15-26;3-2(4,5)1(6)7/h1-19,27,32H,20-21H2,(H4,29,30,31);(H,6,7). The van der Waals surface area contributed by atoms with Crippen molar-refractivity contribution in [3.05, 3.63) is 126 Å². The highest BCUT2D eigenvalue weighted by Gasteiger charge is 2.42. The fraction of sp³-hybridized carbons (Fsp3) is 0.133. The van der Waals surface area contributed by atoms with Gasteiger partial charge in [-0.25, -0.2) is 22.8 Å². The van der Waals surface area contributed by atoms with E-state index < -0.39 is 35.5 Å². The number of halogens is 3. The molecule has 1 atom stereocenters. The largest absolute Gasteiger partial charge is 0.490 e. The van der Waals surface area contributed by atoms with Crippen molar-refractivity contribution in [3.63, 3.8) is 0 Å². The molecule has 4 aromatic carbocycles. The van der Waals surface area contributed by atoms with Crippen LogP contribution in [-0.4, -0.2) is 37.4 Å². The van der Waals surface area contributed by atoms with E-state index >= 15 is 0 Å². The topological polar surface area (TPSA) is 183 Å². The van der Waals surface area contributed by atoms with Crippen LogP contribution in [0, 0.1) is 0 Å². The number of hydrogen-bond acceptors (Lipinski definition) is 7. The summed E-state index contributed by atoms with van der Waals surface area (Å²) < 4.78 is 87.5. The van der Waals surface area contributed by atoms with E-state index in [0.29, 0.717) is 16.8 Å². The van der Waals surface area contributed by atoms with Gasteiger partial charge in [0.05, 0.1) is 11.4 Å². The molecule has 0 saturated carbocycles. The second-order valence-corrected chi connectivity index (χ2v) is 13.3. The van der Waals surface area contributed by atoms with Gasteiger partial charge in [0.1, 0.15) is 11.5 Å². The summed E-state index contributed by atoms with van der Waals surface area (Å²) in [6.07, 6.45) is -5.09. The Morgan fingerprint density at radius 1 is 0.804 bits per heavy atom. The Hall–Kier alpha value is -4.85. The number of aliphatic carboxylic acids is 1. The van der Waals surface area contributed by atoms with Crippen LogP contribution in [0.1, 0.15) is 11.1 Å². The zero-order valence-electron chi connectivity index (χ0n) is 23.9. The first-order valence-electron chi connectivity index (χ1n) is 13.3. The third kappa shape index (κ3) is 11.9. The number of hydrogen-bond donors (Lipinski definition) is 4. The van der Waals surface area contributed by atoms with Gasteiger partial charge in [0.2, 0.25) is 10.0 Å². The molecule has 0 aliphatic heterocycles. The molecule has 4 aromatic rings. The molecule has 0 aliphatic rings. The van der Waals surface area contributed by atoms with Crippen LogP contribution in [0.3, 0.4) is 0 Å². The molecule has 11 nitrogen and oxygen atoms in total. The van der Waals surface area contributed by atoms with Crippen LogP contribution in [0.25, 0.3) is 0 Å². The maximum absolute atomic E-state index is 14.6. The van der Waals surface area contributed by atoms with Crippen molar-refractivity contribution in [2.45, 2.75) is 24.1 Å². The fourth-order valence-corrected chi connectivity index (χ4v) is 7.51. The van der Waals surface area contributed by atoms with Crippen LogP contribution >= 0.6 is 7.60 Å². The number of alkyl halides is 3. The summed E-state index contributed by atoms with van der Waals surface area (Å²) in [6, 6.07) is 32.5. The number of para-hydroxylation sites is 2. The molecule has 0 fully saturated rings. The van der Waals surface area contributed by atoms with Gasteiger partial charge in [-0.05, 0) is 47.5 Å². The molecule has 0 aliphatic carbocycles. The zero-order chi connectivity index (χ0) is 33.8. The van der Waals surface area contributed by atoms with Crippen molar-refractivity contribution >= 4 is 35.2 Å². The number of benzene rings is 4. The maximum Gasteiger partial charge on any atom is 0.490 e. The molecule has 244 valence electrons. The van der Waals surface area contributed by atoms with E-state index in [2.05, 4.69) is 9.71 Å². The van der Waals surface area contributed by atoms with Crippen molar-refractivity contribution in [1.29, 1.82) is 0 Å². The molecule has 0 aromatic heterocycles. The molecular weight excluding hydrogens is 648 g/mol. The van der Waals surface area contributed by atoms with Gasteiger partial charge in [-0.2, -0.15) is 17.9 Å². The van der Waals surface area contributed by atoms with Gasteiger partial charge in [-0.1, -0.05) is 78.9 Å². The fourth-order valence-electron chi connectivity index (χ4n) is 3.74. The van der Waals surface area contributed by atoms with E-state index in [4.69, 9.17) is 30.4 Å². The van der Waals surface area contributed by atoms with Gasteiger partial charge in [0.15, 0.2) is 11.7 Å². The lowest BCUT2D eigenvalue weighted by molar-refractivity contribution is -0.192. The molecule has 0 radical (unpaired) electrons. The second kappa shape index (κ2) is 15.9. The lowest BCUT2D eigenvalue weighted by Crippen LogP contribution is -2.39. The predicted octanol–water partition coefficient (Wildman–Crippen LogP) is 5.56. The summed E-state index contributed by atoms with van der Waals surface area (Å²) in [5.74, 6) is -3.90. The first kappa shape index (κ1) is 35.6. The van der Waals surface area contributed by atoms with Crippen molar-refractivity contribution in [2.75, 3.05) is 0 Å². The summed E-state index contributed by atoms with van der Waals surface area (Å²) >= 11 is 0. The monoisotopic (exact) mass is 678 g/mol. The Bertz CT molecular complexity index is 1700. The van der Waals surface area contributed by atoms with Crippen LogP contribution < -0.4 is 25.2 Å². The lowest BCUT2D eigenvalue weighted by atomic mass is 10.1. The van der Waals surface area contributed by atoms with E-state index in [0.717, 1.165) is 0 Å². The molecule has 0 bridgehead atoms. The molecule has 0 amide bonds. The number of nitrogens with two attached hydrogens (primary N) is 2. The normalized spacial score (nSPS) is 12.2. The van der Waals surface area contributed by atoms with Crippen LogP contribution in [0.15, 0.2) is 120 Å². The number of nitrogens with zero attached hydrogens (tertiary/aromatic N) is 1. The Morgan fingerprint density at radius 2 is 1.24 bits per heavy atom. The van der Waals surface area contributed by atoms with Gasteiger partial charge < -0.3 is 25.6 Å². The third-order valence-electron chi connectivity index (χ3n) is 5.71. The minimum atomic E-state index is -5.08. The number of carboxylic acids is 1. The molecule has 0 saturated heterocycles. The Kier molecular flexibility index (Phi) is 12.3. The average Bonchev–Trinajstić information content (AvgIpc) is 2.98. The van der Waals surface area contributed by atoms with Gasteiger partial charge in [0.25, 0.3) is 0 Å². The summed E-state index contributed by atoms with van der Waals surface area (Å²) in [4.78, 5) is 12.9. The van der Waals surface area contributed by atoms with E-state index in [1.54, 1.807) is 115 Å². The molecule has 0 spiro atoms. The number of guanidine groups is 1. The molecule has 46 heavy (non-hydrogen) atoms. The highest BCUT2D eigenvalue weighted by atomic mass is 32.2. The highest BCUT2D eigenvalue weighted by Crippen LogP contribution is 2.53. The lowest BCUT2D eigenvalue weighted by Gasteiger charge is -2.28. The summed E-state index contributed by atoms with van der Waals surface area (Å²) in [5.41, 5.74) is 12.7. The number of rotatable bonds is 12. The van der Waals surface area contributed by atoms with E-state index in [-0.39, 0.29) is 29.6 Å². The molecule has 16 heteroatoms. The van der Waals surface area contributed by atoms with E-state index in [1.165, 1.54) is 0 Å². The zero-order valence-corrected chi connectivity index (χ0v) is 25.7. The first-order chi connectivity index (χ1) is 21.6. The van der Waals surface area contributed by atoms with Gasteiger partial charge in [-0.3, -0.25) is 0 Å². The number of nitrogens with one attached hydrogen (secondary N) is 1. The molecule has 6 N–H and O–H groups in total. The predicted molar refractivity (Wildman–Crippen MR) is 167 cm³/mol. The average molecular weight is 679 g/mol. The maximum atomic E-state index is 14.6. The molecule has 1 unspecified atom stereocenters. The highest BCUT2D eigenvalue weighted by molar-refractivity contribution is 7.89. The molecular formula is C30H30F3N4O7PS. The van der Waals surface area contributed by atoms with Crippen LogP contribution in [-0.2, 0) is 31.6 Å². The quantitative estimate of drug-likeness (QED) is 0.0846. The number of aliphatic imine (C=N–C) groups is 1. The molecule has 0 heterocycles. The van der Waals surface area contributed by atoms with Crippen molar-refractivity contribution in [3.8, 4) is 11.5 Å². The van der Waals surface area contributed by atoms with E-state index in [9.17, 15) is 26.2 Å². The summed E-state index contributed by atoms with van der Waals surface area (Å²) in [5, 5.41) is 7.12. The minimum Gasteiger partial charge on any atom is -0.475 e. The Morgan fingerprint density at radius 3 is 1.65 bits per heavy atom. The second-order valence-electron chi connectivity index (χ2n) is 9.44. The molecule has 4 rings (SSSR count). The van der Waals surface area contributed by atoms with E-state index in [1.807, 2.05) is 0 Å². The van der Waals surface area contributed by atoms with Crippen molar-refractivity contribution in [2.24, 2.45) is 16.5 Å². The summed E-state index contributed by atoms with van der Waals surface area (Å²) in [6.45, 7) is 0. The number of carbonyl (C=O) groups is 1. The van der Waals surface area contributed by atoms with Gasteiger partial charge in [-0.15, -0.1) is 0 Å². The Labute approximate surface area is 263 Å². The third-order valence-corrected chi connectivity index (χ3v) is 9.25. The van der Waals surface area contributed by atoms with Crippen LogP contribution in [0.5, 0.6) is 11.5 Å². The Balaban J connectivity index is 0.000000738.